The van der Waals surface area contributed by atoms with E-state index in [4.69, 9.17) is 9.47 Å². The summed E-state index contributed by atoms with van der Waals surface area (Å²) >= 11 is 2.74. The van der Waals surface area contributed by atoms with E-state index in [9.17, 15) is 9.18 Å². The molecule has 0 aliphatic heterocycles. The Morgan fingerprint density at radius 2 is 1.88 bits per heavy atom. The Morgan fingerprint density at radius 3 is 2.53 bits per heavy atom. The Morgan fingerprint density at radius 1 is 1.12 bits per heavy atom. The minimum atomic E-state index is -0.439. The molecule has 170 valence electrons. The van der Waals surface area contributed by atoms with Crippen molar-refractivity contribution in [1.29, 1.82) is 0 Å². The highest BCUT2D eigenvalue weighted by molar-refractivity contribution is 8.01. The number of anilines is 1. The van der Waals surface area contributed by atoms with E-state index in [0.717, 1.165) is 11.3 Å². The van der Waals surface area contributed by atoms with Crippen molar-refractivity contribution in [2.45, 2.75) is 24.4 Å². The van der Waals surface area contributed by atoms with Crippen LogP contribution in [0, 0.1) is 5.82 Å². The van der Waals surface area contributed by atoms with Crippen LogP contribution in [0.25, 0.3) is 0 Å². The molecule has 3 rings (SSSR count). The number of hydrogen-bond acceptors (Lipinski definition) is 8. The third kappa shape index (κ3) is 6.57. The van der Waals surface area contributed by atoms with E-state index in [1.165, 1.54) is 36.3 Å². The van der Waals surface area contributed by atoms with Gasteiger partial charge in [0.05, 0.1) is 20.0 Å². The lowest BCUT2D eigenvalue weighted by Gasteiger charge is -2.21. The van der Waals surface area contributed by atoms with Crippen molar-refractivity contribution in [2.24, 2.45) is 0 Å². The predicted molar refractivity (Wildman–Crippen MR) is 125 cm³/mol. The summed E-state index contributed by atoms with van der Waals surface area (Å²) in [7, 11) is 3.06. The van der Waals surface area contributed by atoms with E-state index >= 15 is 0 Å². The summed E-state index contributed by atoms with van der Waals surface area (Å²) < 4.78 is 24.7. The summed E-state index contributed by atoms with van der Waals surface area (Å²) in [6.45, 7) is 3.37. The molecule has 1 N–H and O–H groups in total. The lowest BCUT2D eigenvalue weighted by Crippen LogP contribution is -2.31. The van der Waals surface area contributed by atoms with Crippen LogP contribution in [0.2, 0.25) is 0 Å². The van der Waals surface area contributed by atoms with Gasteiger partial charge in [-0.25, -0.2) is 4.39 Å². The zero-order valence-electron chi connectivity index (χ0n) is 18.1. The average Bonchev–Trinajstić information content (AvgIpc) is 3.28. The summed E-state index contributed by atoms with van der Waals surface area (Å²) in [6, 6.07) is 12.5. The van der Waals surface area contributed by atoms with Gasteiger partial charge in [-0.15, -0.1) is 10.2 Å². The molecule has 1 amide bonds. The van der Waals surface area contributed by atoms with Crippen molar-refractivity contribution < 1.29 is 18.7 Å². The molecular weight excluding hydrogens is 451 g/mol. The molecule has 1 aromatic heterocycles. The van der Waals surface area contributed by atoms with Crippen molar-refractivity contribution in [2.75, 3.05) is 31.8 Å². The molecule has 0 radical (unpaired) electrons. The molecule has 0 saturated carbocycles. The van der Waals surface area contributed by atoms with Gasteiger partial charge in [0.2, 0.25) is 11.0 Å². The molecule has 32 heavy (non-hydrogen) atoms. The van der Waals surface area contributed by atoms with Gasteiger partial charge in [-0.1, -0.05) is 41.3 Å². The summed E-state index contributed by atoms with van der Waals surface area (Å²) in [5.41, 5.74) is 1.81. The van der Waals surface area contributed by atoms with Crippen LogP contribution in [0.4, 0.5) is 9.52 Å². The number of ether oxygens (including phenoxy) is 2. The van der Waals surface area contributed by atoms with E-state index in [1.807, 2.05) is 31.2 Å². The normalized spacial score (nSPS) is 10.6. The van der Waals surface area contributed by atoms with E-state index in [2.05, 4.69) is 15.5 Å². The highest BCUT2D eigenvalue weighted by Gasteiger charge is 2.15. The van der Waals surface area contributed by atoms with Crippen molar-refractivity contribution in [3.63, 3.8) is 0 Å². The topological polar surface area (TPSA) is 76.6 Å². The number of aromatic nitrogens is 2. The van der Waals surface area contributed by atoms with Gasteiger partial charge in [0.25, 0.3) is 0 Å². The monoisotopic (exact) mass is 476 g/mol. The maximum atomic E-state index is 13.9. The Hall–Kier alpha value is -2.85. The van der Waals surface area contributed by atoms with E-state index in [1.54, 1.807) is 24.1 Å². The summed E-state index contributed by atoms with van der Waals surface area (Å²) in [4.78, 5) is 14.3. The van der Waals surface area contributed by atoms with Gasteiger partial charge in [0, 0.05) is 19.6 Å². The number of amides is 1. The van der Waals surface area contributed by atoms with Gasteiger partial charge in [-0.05, 0) is 42.3 Å². The number of nitrogens with zero attached hydrogens (tertiary/aromatic N) is 3. The van der Waals surface area contributed by atoms with Gasteiger partial charge >= 0.3 is 0 Å². The Bertz CT molecular complexity index is 1030. The van der Waals surface area contributed by atoms with Crippen LogP contribution < -0.4 is 14.8 Å². The fourth-order valence-corrected chi connectivity index (χ4v) is 4.53. The Kier molecular flexibility index (Phi) is 8.69. The van der Waals surface area contributed by atoms with Crippen LogP contribution in [-0.2, 0) is 17.9 Å². The number of nitrogens with one attached hydrogen (secondary N) is 1. The maximum Gasteiger partial charge on any atom is 0.233 e. The molecule has 0 aliphatic rings. The SMILES string of the molecule is CCN(Cc1ccc(OC)c(F)c1)C(=O)CSc1nnc(NCc2ccc(OC)cc2)s1. The zero-order chi connectivity index (χ0) is 22.9. The number of hydrogen-bond donors (Lipinski definition) is 1. The molecule has 1 heterocycles. The first kappa shape index (κ1) is 23.8. The standard InChI is InChI=1S/C22H25FN4O3S2/c1-4-27(13-16-7-10-19(30-3)18(23)11-16)20(28)14-31-22-26-25-21(32-22)24-12-15-5-8-17(29-2)9-6-15/h5-11H,4,12-14H2,1-3H3,(H,24,25). The third-order valence-corrected chi connectivity index (χ3v) is 6.65. The smallest absolute Gasteiger partial charge is 0.233 e. The van der Waals surface area contributed by atoms with Crippen LogP contribution in [0.3, 0.4) is 0 Å². The summed E-state index contributed by atoms with van der Waals surface area (Å²) in [5, 5.41) is 12.2. The summed E-state index contributed by atoms with van der Waals surface area (Å²) in [6.07, 6.45) is 0. The molecule has 0 saturated heterocycles. The van der Waals surface area contributed by atoms with E-state index < -0.39 is 5.82 Å². The molecule has 0 fully saturated rings. The quantitative estimate of drug-likeness (QED) is 0.410. The van der Waals surface area contributed by atoms with Gasteiger partial charge in [-0.2, -0.15) is 0 Å². The minimum Gasteiger partial charge on any atom is -0.497 e. The first-order valence-corrected chi connectivity index (χ1v) is 11.8. The van der Waals surface area contributed by atoms with Crippen LogP contribution in [0.1, 0.15) is 18.1 Å². The first-order valence-electron chi connectivity index (χ1n) is 9.95. The van der Waals surface area contributed by atoms with Gasteiger partial charge < -0.3 is 19.7 Å². The second-order valence-electron chi connectivity index (χ2n) is 6.74. The average molecular weight is 477 g/mol. The summed E-state index contributed by atoms with van der Waals surface area (Å²) in [5.74, 6) is 0.750. The fourth-order valence-electron chi connectivity index (χ4n) is 2.88. The number of carbonyl (C=O) groups is 1. The molecule has 0 unspecified atom stereocenters. The van der Waals surface area contributed by atoms with Gasteiger partial charge in [0.1, 0.15) is 5.75 Å². The third-order valence-electron chi connectivity index (χ3n) is 4.65. The van der Waals surface area contributed by atoms with Gasteiger partial charge in [0.15, 0.2) is 15.9 Å². The lowest BCUT2D eigenvalue weighted by atomic mass is 10.2. The molecule has 3 aromatic rings. The van der Waals surface area contributed by atoms with Crippen LogP contribution >= 0.6 is 23.1 Å². The highest BCUT2D eigenvalue weighted by atomic mass is 32.2. The number of benzene rings is 2. The van der Waals surface area contributed by atoms with Crippen LogP contribution in [0.15, 0.2) is 46.8 Å². The fraction of sp³-hybridized carbons (Fsp3) is 0.318. The van der Waals surface area contributed by atoms with Gasteiger partial charge in [-0.3, -0.25) is 4.79 Å². The predicted octanol–water partition coefficient (Wildman–Crippen LogP) is 4.45. The molecule has 2 aromatic carbocycles. The van der Waals surface area contributed by atoms with Crippen LogP contribution in [-0.4, -0.2) is 47.5 Å². The first-order chi connectivity index (χ1) is 15.5. The maximum absolute atomic E-state index is 13.9. The molecule has 0 atom stereocenters. The lowest BCUT2D eigenvalue weighted by molar-refractivity contribution is -0.128. The molecule has 7 nitrogen and oxygen atoms in total. The largest absolute Gasteiger partial charge is 0.497 e. The van der Waals surface area contributed by atoms with E-state index in [-0.39, 0.29) is 17.4 Å². The second-order valence-corrected chi connectivity index (χ2v) is 8.94. The number of halogens is 1. The zero-order valence-corrected chi connectivity index (χ0v) is 19.8. The molecule has 10 heteroatoms. The van der Waals surface area contributed by atoms with Crippen molar-refractivity contribution in [1.82, 2.24) is 15.1 Å². The molecule has 0 spiro atoms. The number of carbonyl (C=O) groups excluding carboxylic acids is 1. The molecule has 0 aliphatic carbocycles. The second kappa shape index (κ2) is 11.7. The minimum absolute atomic E-state index is 0.0448. The number of methoxy groups -OCH3 is 2. The van der Waals surface area contributed by atoms with Crippen molar-refractivity contribution in [3.8, 4) is 11.5 Å². The highest BCUT2D eigenvalue weighted by Crippen LogP contribution is 2.26. The van der Waals surface area contributed by atoms with Crippen LogP contribution in [0.5, 0.6) is 11.5 Å². The number of rotatable bonds is 11. The molecular formula is C22H25FN4O3S2. The van der Waals surface area contributed by atoms with Crippen molar-refractivity contribution >= 4 is 34.1 Å². The molecule has 0 bridgehead atoms. The van der Waals surface area contributed by atoms with E-state index in [0.29, 0.717) is 34.7 Å². The Labute approximate surface area is 195 Å². The van der Waals surface area contributed by atoms with Crippen molar-refractivity contribution in [3.05, 3.63) is 59.4 Å². The Balaban J connectivity index is 1.49. The number of thioether (sulfide) groups is 1.